The van der Waals surface area contributed by atoms with Crippen LogP contribution in [0.3, 0.4) is 0 Å². The van der Waals surface area contributed by atoms with Gasteiger partial charge in [-0.25, -0.2) is 0 Å². The van der Waals surface area contributed by atoms with E-state index < -0.39 is 24.1 Å². The topological polar surface area (TPSA) is 61.8 Å². The highest BCUT2D eigenvalue weighted by Crippen LogP contribution is 2.18. The quantitative estimate of drug-likeness (QED) is 0.445. The average Bonchev–Trinajstić information content (AvgIpc) is 2.38. The van der Waals surface area contributed by atoms with Gasteiger partial charge in [0.1, 0.15) is 18.8 Å². The summed E-state index contributed by atoms with van der Waals surface area (Å²) in [5.41, 5.74) is 0. The van der Waals surface area contributed by atoms with E-state index in [1.807, 2.05) is 13.0 Å². The lowest BCUT2D eigenvalue weighted by atomic mass is 10.1. The molecule has 110 valence electrons. The van der Waals surface area contributed by atoms with Crippen LogP contribution in [-0.4, -0.2) is 36.9 Å². The van der Waals surface area contributed by atoms with Gasteiger partial charge in [0.25, 0.3) is 0 Å². The van der Waals surface area contributed by atoms with Gasteiger partial charge in [-0.2, -0.15) is 0 Å². The average molecular weight is 280 g/mol. The predicted octanol–water partition coefficient (Wildman–Crippen LogP) is 1.61. The van der Waals surface area contributed by atoms with Gasteiger partial charge < -0.3 is 14.2 Å². The summed E-state index contributed by atoms with van der Waals surface area (Å²) in [6.45, 7) is 4.68. The fourth-order valence-electron chi connectivity index (χ4n) is 1.76. The Morgan fingerprint density at radius 1 is 1.20 bits per heavy atom. The van der Waals surface area contributed by atoms with Gasteiger partial charge in [-0.05, 0) is 6.08 Å². The molecule has 1 rings (SSSR count). The van der Waals surface area contributed by atoms with Crippen LogP contribution >= 0.6 is 0 Å². The van der Waals surface area contributed by atoms with E-state index in [0.717, 1.165) is 6.42 Å². The van der Waals surface area contributed by atoms with Crippen LogP contribution in [-0.2, 0) is 23.8 Å². The fourth-order valence-corrected chi connectivity index (χ4v) is 1.76. The minimum absolute atomic E-state index is 0.0509. The molecule has 0 amide bonds. The van der Waals surface area contributed by atoms with Crippen molar-refractivity contribution in [1.82, 2.24) is 0 Å². The molecule has 0 N–H and O–H groups in total. The number of carbonyl (C=O) groups excluding carboxylic acids is 2. The summed E-state index contributed by atoms with van der Waals surface area (Å²) >= 11 is 0. The van der Waals surface area contributed by atoms with Gasteiger partial charge in [-0.3, -0.25) is 9.59 Å². The van der Waals surface area contributed by atoms with Gasteiger partial charge >= 0.3 is 11.9 Å². The van der Waals surface area contributed by atoms with E-state index >= 15 is 0 Å². The molecule has 0 radical (unpaired) electrons. The van der Waals surface area contributed by atoms with Crippen molar-refractivity contribution in [3.63, 3.8) is 0 Å². The number of hydrogen-bond donors (Lipinski definition) is 0. The second-order valence-electron chi connectivity index (χ2n) is 4.39. The van der Waals surface area contributed by atoms with Gasteiger partial charge in [0.2, 0.25) is 0 Å². The number of esters is 2. The summed E-state index contributed by atoms with van der Waals surface area (Å²) in [5, 5.41) is 0. The zero-order valence-corrected chi connectivity index (χ0v) is 12.0. The summed E-state index contributed by atoms with van der Waals surface area (Å²) in [6.07, 6.45) is 3.72. The molecule has 0 spiro atoms. The summed E-state index contributed by atoms with van der Waals surface area (Å²) in [5.74, 6) is 5.17. The van der Waals surface area contributed by atoms with Gasteiger partial charge in [0.15, 0.2) is 0 Å². The van der Waals surface area contributed by atoms with Crippen LogP contribution < -0.4 is 0 Å². The number of ether oxygens (including phenoxy) is 3. The van der Waals surface area contributed by atoms with E-state index in [1.165, 1.54) is 13.8 Å². The first-order valence-corrected chi connectivity index (χ1v) is 6.63. The molecule has 0 bridgehead atoms. The standard InChI is InChI=1S/C15H20O5/c1-4-5-6-7-13-8-9-14(19-12(3)17)15(20-13)10-18-11(2)16/h8-9,13-15H,4,7,10H2,1-3H3/t13-,14-,15-/m1/s1. The number of rotatable bonds is 4. The summed E-state index contributed by atoms with van der Waals surface area (Å²) in [6, 6.07) is 0. The predicted molar refractivity (Wildman–Crippen MR) is 72.7 cm³/mol. The molecule has 0 fully saturated rings. The zero-order chi connectivity index (χ0) is 15.0. The monoisotopic (exact) mass is 280 g/mol. The Kier molecular flexibility index (Phi) is 6.82. The minimum atomic E-state index is -0.540. The first kappa shape index (κ1) is 16.3. The summed E-state index contributed by atoms with van der Waals surface area (Å²) in [7, 11) is 0. The Morgan fingerprint density at radius 3 is 2.55 bits per heavy atom. The normalized spacial score (nSPS) is 24.4. The van der Waals surface area contributed by atoms with Gasteiger partial charge in [0, 0.05) is 26.7 Å². The van der Waals surface area contributed by atoms with Crippen LogP contribution in [0.15, 0.2) is 12.2 Å². The maximum absolute atomic E-state index is 11.0. The molecule has 20 heavy (non-hydrogen) atoms. The van der Waals surface area contributed by atoms with Crippen molar-refractivity contribution in [3.8, 4) is 11.8 Å². The van der Waals surface area contributed by atoms with Crippen LogP contribution in [0, 0.1) is 11.8 Å². The molecule has 3 atom stereocenters. The van der Waals surface area contributed by atoms with Crippen molar-refractivity contribution in [3.05, 3.63) is 12.2 Å². The molecule has 5 nitrogen and oxygen atoms in total. The van der Waals surface area contributed by atoms with Crippen LogP contribution in [0.25, 0.3) is 0 Å². The molecule has 0 aromatic heterocycles. The Hall–Kier alpha value is -1.80. The third kappa shape index (κ3) is 5.89. The Balaban J connectivity index is 2.65. The van der Waals surface area contributed by atoms with E-state index in [1.54, 1.807) is 6.08 Å². The Bertz CT molecular complexity index is 429. The Morgan fingerprint density at radius 2 is 1.95 bits per heavy atom. The van der Waals surface area contributed by atoms with Crippen molar-refractivity contribution < 1.29 is 23.8 Å². The molecule has 0 aromatic rings. The van der Waals surface area contributed by atoms with Crippen LogP contribution in [0.1, 0.15) is 33.6 Å². The zero-order valence-electron chi connectivity index (χ0n) is 12.0. The highest BCUT2D eigenvalue weighted by Gasteiger charge is 2.30. The molecular formula is C15H20O5. The molecule has 0 unspecified atom stereocenters. The van der Waals surface area contributed by atoms with Crippen LogP contribution in [0.5, 0.6) is 0 Å². The maximum atomic E-state index is 11.0. The molecule has 0 saturated carbocycles. The molecule has 1 aliphatic rings. The third-order valence-electron chi connectivity index (χ3n) is 2.59. The number of carbonyl (C=O) groups is 2. The van der Waals surface area contributed by atoms with Gasteiger partial charge in [-0.15, -0.1) is 11.8 Å². The van der Waals surface area contributed by atoms with Crippen molar-refractivity contribution in [1.29, 1.82) is 0 Å². The van der Waals surface area contributed by atoms with E-state index in [-0.39, 0.29) is 12.7 Å². The SMILES string of the molecule is CCC#CC[C@@H]1C=C[C@@H](OC(C)=O)[C@@H](COC(C)=O)O1. The van der Waals surface area contributed by atoms with Crippen molar-refractivity contribution >= 4 is 11.9 Å². The fraction of sp³-hybridized carbons (Fsp3) is 0.600. The smallest absolute Gasteiger partial charge is 0.303 e. The molecular weight excluding hydrogens is 260 g/mol. The van der Waals surface area contributed by atoms with Crippen LogP contribution in [0.4, 0.5) is 0 Å². The molecule has 0 aliphatic carbocycles. The molecule has 0 aromatic carbocycles. The highest BCUT2D eigenvalue weighted by atomic mass is 16.6. The van der Waals surface area contributed by atoms with Crippen molar-refractivity contribution in [2.45, 2.75) is 51.9 Å². The van der Waals surface area contributed by atoms with E-state index in [0.29, 0.717) is 6.42 Å². The molecule has 0 saturated heterocycles. The maximum Gasteiger partial charge on any atom is 0.303 e. The lowest BCUT2D eigenvalue weighted by Crippen LogP contribution is -2.41. The summed E-state index contributed by atoms with van der Waals surface area (Å²) < 4.78 is 15.8. The Labute approximate surface area is 119 Å². The lowest BCUT2D eigenvalue weighted by molar-refractivity contribution is -0.163. The molecule has 1 aliphatic heterocycles. The highest BCUT2D eigenvalue weighted by molar-refractivity contribution is 5.66. The van der Waals surface area contributed by atoms with E-state index in [9.17, 15) is 9.59 Å². The van der Waals surface area contributed by atoms with Crippen LogP contribution in [0.2, 0.25) is 0 Å². The number of hydrogen-bond acceptors (Lipinski definition) is 5. The van der Waals surface area contributed by atoms with E-state index in [2.05, 4.69) is 11.8 Å². The second-order valence-corrected chi connectivity index (χ2v) is 4.39. The van der Waals surface area contributed by atoms with Crippen molar-refractivity contribution in [2.75, 3.05) is 6.61 Å². The van der Waals surface area contributed by atoms with Gasteiger partial charge in [0.05, 0.1) is 6.10 Å². The lowest BCUT2D eigenvalue weighted by Gasteiger charge is -2.30. The minimum Gasteiger partial charge on any atom is -0.463 e. The summed E-state index contributed by atoms with van der Waals surface area (Å²) in [4.78, 5) is 21.9. The molecule has 1 heterocycles. The third-order valence-corrected chi connectivity index (χ3v) is 2.59. The second kappa shape index (κ2) is 8.39. The van der Waals surface area contributed by atoms with E-state index in [4.69, 9.17) is 14.2 Å². The van der Waals surface area contributed by atoms with Crippen molar-refractivity contribution in [2.24, 2.45) is 0 Å². The first-order valence-electron chi connectivity index (χ1n) is 6.63. The first-order chi connectivity index (χ1) is 9.52. The van der Waals surface area contributed by atoms with Gasteiger partial charge in [-0.1, -0.05) is 13.0 Å². The molecule has 5 heteroatoms. The largest absolute Gasteiger partial charge is 0.463 e.